The Bertz CT molecular complexity index is 77.0. The smallest absolute Gasteiger partial charge is 0.0337 e. The van der Waals surface area contributed by atoms with Gasteiger partial charge in [-0.05, 0) is 32.7 Å². The molecule has 1 fully saturated rings. The zero-order valence-electron chi connectivity index (χ0n) is 5.86. The number of hydrogen-bond acceptors (Lipinski definition) is 1. The monoisotopic (exact) mass is 147 g/mol. The molecule has 0 saturated heterocycles. The maximum absolute atomic E-state index is 5.91. The molecule has 1 aliphatic rings. The minimum absolute atomic E-state index is 0.453. The second-order valence-corrected chi connectivity index (χ2v) is 3.35. The molecule has 0 aromatic heterocycles. The third-order valence-electron chi connectivity index (χ3n) is 2.06. The Labute approximate surface area is 61.8 Å². The summed E-state index contributed by atoms with van der Waals surface area (Å²) in [6.45, 7) is 0. The molecule has 0 unspecified atom stereocenters. The van der Waals surface area contributed by atoms with E-state index in [0.717, 1.165) is 6.04 Å². The van der Waals surface area contributed by atoms with E-state index < -0.39 is 0 Å². The Morgan fingerprint density at radius 2 is 1.78 bits per heavy atom. The van der Waals surface area contributed by atoms with Crippen molar-refractivity contribution in [3.63, 3.8) is 0 Å². The highest BCUT2D eigenvalue weighted by Crippen LogP contribution is 2.22. The van der Waals surface area contributed by atoms with Crippen LogP contribution < -0.4 is 5.32 Å². The van der Waals surface area contributed by atoms with Gasteiger partial charge < -0.3 is 5.32 Å². The van der Waals surface area contributed by atoms with Crippen molar-refractivity contribution in [3.05, 3.63) is 0 Å². The van der Waals surface area contributed by atoms with Crippen LogP contribution in [-0.2, 0) is 0 Å². The summed E-state index contributed by atoms with van der Waals surface area (Å²) in [6.07, 6.45) is 4.88. The lowest BCUT2D eigenvalue weighted by Gasteiger charge is -2.24. The highest BCUT2D eigenvalue weighted by atomic mass is 35.5. The summed E-state index contributed by atoms with van der Waals surface area (Å²) in [5.74, 6) is 0. The molecule has 1 saturated carbocycles. The third kappa shape index (κ3) is 2.15. The Kier molecular flexibility index (Phi) is 2.80. The molecule has 0 bridgehead atoms. The maximum atomic E-state index is 5.91. The number of halogens is 1. The van der Waals surface area contributed by atoms with E-state index in [4.69, 9.17) is 11.6 Å². The van der Waals surface area contributed by atoms with E-state index >= 15 is 0 Å². The van der Waals surface area contributed by atoms with E-state index in [1.165, 1.54) is 25.7 Å². The van der Waals surface area contributed by atoms with E-state index in [-0.39, 0.29) is 0 Å². The van der Waals surface area contributed by atoms with Crippen LogP contribution >= 0.6 is 11.6 Å². The van der Waals surface area contributed by atoms with Gasteiger partial charge in [0.15, 0.2) is 0 Å². The molecule has 1 nitrogen and oxygen atoms in total. The molecular formula is C7H14ClN. The Morgan fingerprint density at radius 3 is 2.22 bits per heavy atom. The van der Waals surface area contributed by atoms with E-state index in [1.807, 2.05) is 7.05 Å². The molecule has 0 atom stereocenters. The lowest BCUT2D eigenvalue weighted by molar-refractivity contribution is 0.398. The summed E-state index contributed by atoms with van der Waals surface area (Å²) in [5, 5.41) is 3.72. The van der Waals surface area contributed by atoms with Crippen molar-refractivity contribution in [3.8, 4) is 0 Å². The average molecular weight is 148 g/mol. The SMILES string of the molecule is CNC1CCC(Cl)CC1. The minimum atomic E-state index is 0.453. The number of hydrogen-bond donors (Lipinski definition) is 1. The maximum Gasteiger partial charge on any atom is 0.0337 e. The summed E-state index contributed by atoms with van der Waals surface area (Å²) in [5.41, 5.74) is 0. The largest absolute Gasteiger partial charge is 0.317 e. The first-order valence-electron chi connectivity index (χ1n) is 3.64. The van der Waals surface area contributed by atoms with Crippen molar-refractivity contribution < 1.29 is 0 Å². The summed E-state index contributed by atoms with van der Waals surface area (Å²) in [4.78, 5) is 0. The fraction of sp³-hybridized carbons (Fsp3) is 1.00. The summed E-state index contributed by atoms with van der Waals surface area (Å²) in [7, 11) is 2.03. The second-order valence-electron chi connectivity index (χ2n) is 2.74. The van der Waals surface area contributed by atoms with Gasteiger partial charge in [-0.15, -0.1) is 11.6 Å². The van der Waals surface area contributed by atoms with Crippen molar-refractivity contribution in [1.82, 2.24) is 5.32 Å². The molecule has 54 valence electrons. The van der Waals surface area contributed by atoms with Gasteiger partial charge >= 0.3 is 0 Å². The van der Waals surface area contributed by atoms with Gasteiger partial charge in [-0.25, -0.2) is 0 Å². The molecule has 2 heteroatoms. The molecule has 1 aliphatic carbocycles. The van der Waals surface area contributed by atoms with E-state index in [9.17, 15) is 0 Å². The van der Waals surface area contributed by atoms with E-state index in [1.54, 1.807) is 0 Å². The molecule has 0 heterocycles. The quantitative estimate of drug-likeness (QED) is 0.558. The van der Waals surface area contributed by atoms with Crippen LogP contribution in [-0.4, -0.2) is 18.5 Å². The van der Waals surface area contributed by atoms with Crippen LogP contribution in [0.1, 0.15) is 25.7 Å². The average Bonchev–Trinajstić information content (AvgIpc) is 1.90. The van der Waals surface area contributed by atoms with Gasteiger partial charge in [-0.2, -0.15) is 0 Å². The van der Waals surface area contributed by atoms with Gasteiger partial charge in [0.1, 0.15) is 0 Å². The van der Waals surface area contributed by atoms with Crippen molar-refractivity contribution in [2.75, 3.05) is 7.05 Å². The topological polar surface area (TPSA) is 12.0 Å². The molecule has 1 N–H and O–H groups in total. The number of nitrogens with one attached hydrogen (secondary N) is 1. The summed E-state index contributed by atoms with van der Waals surface area (Å²) >= 11 is 5.91. The molecule has 0 spiro atoms. The molecule has 0 aromatic carbocycles. The number of rotatable bonds is 1. The summed E-state index contributed by atoms with van der Waals surface area (Å²) < 4.78 is 0. The van der Waals surface area contributed by atoms with Gasteiger partial charge in [0, 0.05) is 11.4 Å². The zero-order chi connectivity index (χ0) is 6.69. The van der Waals surface area contributed by atoms with Gasteiger partial charge in [0.05, 0.1) is 0 Å². The van der Waals surface area contributed by atoms with E-state index in [2.05, 4.69) is 5.32 Å². The Morgan fingerprint density at radius 1 is 1.22 bits per heavy atom. The molecule has 1 rings (SSSR count). The Balaban J connectivity index is 2.18. The van der Waals surface area contributed by atoms with Gasteiger partial charge in [-0.1, -0.05) is 0 Å². The number of alkyl halides is 1. The molecule has 0 aromatic rings. The van der Waals surface area contributed by atoms with Crippen LogP contribution in [0.4, 0.5) is 0 Å². The first-order chi connectivity index (χ1) is 4.33. The second kappa shape index (κ2) is 3.43. The molecule has 0 aliphatic heterocycles. The van der Waals surface area contributed by atoms with Gasteiger partial charge in [-0.3, -0.25) is 0 Å². The zero-order valence-corrected chi connectivity index (χ0v) is 6.62. The van der Waals surface area contributed by atoms with Crippen LogP contribution in [0, 0.1) is 0 Å². The molecule has 0 radical (unpaired) electrons. The van der Waals surface area contributed by atoms with Crippen LogP contribution in [0.2, 0.25) is 0 Å². The predicted molar refractivity (Wildman–Crippen MR) is 41.0 cm³/mol. The van der Waals surface area contributed by atoms with Crippen LogP contribution in [0.15, 0.2) is 0 Å². The van der Waals surface area contributed by atoms with Crippen molar-refractivity contribution in [1.29, 1.82) is 0 Å². The standard InChI is InChI=1S/C7H14ClN/c1-9-7-4-2-6(8)3-5-7/h6-7,9H,2-5H2,1H3. The van der Waals surface area contributed by atoms with Crippen LogP contribution in [0.5, 0.6) is 0 Å². The first kappa shape index (κ1) is 7.36. The van der Waals surface area contributed by atoms with Gasteiger partial charge in [0.25, 0.3) is 0 Å². The molecular weight excluding hydrogens is 134 g/mol. The summed E-state index contributed by atoms with van der Waals surface area (Å²) in [6, 6.07) is 0.736. The lowest BCUT2D eigenvalue weighted by atomic mass is 9.95. The molecule has 0 amide bonds. The molecule has 9 heavy (non-hydrogen) atoms. The highest BCUT2D eigenvalue weighted by molar-refractivity contribution is 6.20. The fourth-order valence-electron chi connectivity index (χ4n) is 1.34. The minimum Gasteiger partial charge on any atom is -0.317 e. The van der Waals surface area contributed by atoms with E-state index in [0.29, 0.717) is 5.38 Å². The van der Waals surface area contributed by atoms with Crippen LogP contribution in [0.3, 0.4) is 0 Å². The first-order valence-corrected chi connectivity index (χ1v) is 4.08. The lowest BCUT2D eigenvalue weighted by Crippen LogP contribution is -2.30. The van der Waals surface area contributed by atoms with Crippen molar-refractivity contribution in [2.45, 2.75) is 37.1 Å². The van der Waals surface area contributed by atoms with Crippen LogP contribution in [0.25, 0.3) is 0 Å². The predicted octanol–water partition coefficient (Wildman–Crippen LogP) is 1.76. The van der Waals surface area contributed by atoms with Crippen molar-refractivity contribution in [2.24, 2.45) is 0 Å². The normalized spacial score (nSPS) is 36.7. The Hall–Kier alpha value is 0.250. The highest BCUT2D eigenvalue weighted by Gasteiger charge is 2.16. The fourth-order valence-corrected chi connectivity index (χ4v) is 1.59. The van der Waals surface area contributed by atoms with Gasteiger partial charge in [0.2, 0.25) is 0 Å². The third-order valence-corrected chi connectivity index (χ3v) is 2.50. The van der Waals surface area contributed by atoms with Crippen molar-refractivity contribution >= 4 is 11.6 Å².